The Bertz CT molecular complexity index is 652. The molecule has 1 aliphatic heterocycles. The van der Waals surface area contributed by atoms with Crippen LogP contribution in [-0.4, -0.2) is 27.5 Å². The van der Waals surface area contributed by atoms with Crippen molar-refractivity contribution in [2.24, 2.45) is 0 Å². The lowest BCUT2D eigenvalue weighted by molar-refractivity contribution is -0.144. The van der Waals surface area contributed by atoms with Crippen LogP contribution in [0.15, 0.2) is 22.8 Å². The molecule has 20 heavy (non-hydrogen) atoms. The summed E-state index contributed by atoms with van der Waals surface area (Å²) >= 11 is 0. The SMILES string of the molecule is Cc1nonc1COc1ccc2c(c1)OC(C(=O)O)C2. The van der Waals surface area contributed by atoms with Crippen LogP contribution in [0.2, 0.25) is 0 Å². The molecule has 0 spiro atoms. The number of aromatic nitrogens is 2. The molecule has 1 aromatic carbocycles. The predicted molar refractivity (Wildman–Crippen MR) is 65.6 cm³/mol. The first-order valence-corrected chi connectivity index (χ1v) is 6.06. The summed E-state index contributed by atoms with van der Waals surface area (Å²) in [5.41, 5.74) is 2.16. The Hall–Kier alpha value is -2.57. The van der Waals surface area contributed by atoms with Crippen LogP contribution in [0, 0.1) is 6.92 Å². The van der Waals surface area contributed by atoms with E-state index in [1.54, 1.807) is 19.1 Å². The highest BCUT2D eigenvalue weighted by molar-refractivity contribution is 5.74. The number of carboxylic acid groups (broad SMARTS) is 1. The van der Waals surface area contributed by atoms with Crippen molar-refractivity contribution in [1.29, 1.82) is 0 Å². The molecule has 0 saturated heterocycles. The van der Waals surface area contributed by atoms with E-state index in [0.717, 1.165) is 5.56 Å². The zero-order valence-corrected chi connectivity index (χ0v) is 10.7. The Labute approximate surface area is 114 Å². The van der Waals surface area contributed by atoms with E-state index < -0.39 is 12.1 Å². The van der Waals surface area contributed by atoms with Gasteiger partial charge in [-0.05, 0) is 18.6 Å². The monoisotopic (exact) mass is 276 g/mol. The second-order valence-electron chi connectivity index (χ2n) is 4.50. The van der Waals surface area contributed by atoms with Crippen LogP contribution in [0.5, 0.6) is 11.5 Å². The molecule has 0 amide bonds. The fraction of sp³-hybridized carbons (Fsp3) is 0.308. The number of ether oxygens (including phenoxy) is 2. The predicted octanol–water partition coefficient (Wildman–Crippen LogP) is 1.35. The molecule has 7 heteroatoms. The van der Waals surface area contributed by atoms with Crippen LogP contribution >= 0.6 is 0 Å². The number of carbonyl (C=O) groups is 1. The molecular weight excluding hydrogens is 264 g/mol. The molecule has 0 saturated carbocycles. The van der Waals surface area contributed by atoms with E-state index in [-0.39, 0.29) is 6.61 Å². The van der Waals surface area contributed by atoms with Crippen LogP contribution in [0.4, 0.5) is 0 Å². The quantitative estimate of drug-likeness (QED) is 0.900. The average molecular weight is 276 g/mol. The van der Waals surface area contributed by atoms with Gasteiger partial charge in [0.25, 0.3) is 0 Å². The van der Waals surface area contributed by atoms with Gasteiger partial charge in [-0.25, -0.2) is 9.42 Å². The van der Waals surface area contributed by atoms with Crippen LogP contribution in [0.3, 0.4) is 0 Å². The number of rotatable bonds is 4. The van der Waals surface area contributed by atoms with E-state index in [1.807, 2.05) is 6.07 Å². The van der Waals surface area contributed by atoms with Gasteiger partial charge in [-0.1, -0.05) is 16.4 Å². The van der Waals surface area contributed by atoms with Gasteiger partial charge in [0, 0.05) is 12.5 Å². The number of fused-ring (bicyclic) bond motifs is 1. The Morgan fingerprint density at radius 3 is 3.05 bits per heavy atom. The Kier molecular flexibility index (Phi) is 3.02. The van der Waals surface area contributed by atoms with Crippen molar-refractivity contribution in [2.45, 2.75) is 26.1 Å². The minimum absolute atomic E-state index is 0.233. The van der Waals surface area contributed by atoms with Gasteiger partial charge < -0.3 is 14.6 Å². The standard InChI is InChI=1S/C13H12N2O5/c1-7-10(15-20-14-7)6-18-9-3-2-8-4-12(13(16)17)19-11(8)5-9/h2-3,5,12H,4,6H2,1H3,(H,16,17). The van der Waals surface area contributed by atoms with E-state index in [4.69, 9.17) is 14.6 Å². The first-order chi connectivity index (χ1) is 9.63. The van der Waals surface area contributed by atoms with Crippen LogP contribution in [0.1, 0.15) is 17.0 Å². The topological polar surface area (TPSA) is 94.7 Å². The summed E-state index contributed by atoms with van der Waals surface area (Å²) in [6.45, 7) is 2.01. The Balaban J connectivity index is 1.70. The number of aryl methyl sites for hydroxylation is 1. The molecule has 2 aromatic rings. The molecule has 2 heterocycles. The summed E-state index contributed by atoms with van der Waals surface area (Å²) in [7, 11) is 0. The second-order valence-corrected chi connectivity index (χ2v) is 4.50. The van der Waals surface area contributed by atoms with E-state index in [1.165, 1.54) is 0 Å². The highest BCUT2D eigenvalue weighted by Crippen LogP contribution is 2.32. The van der Waals surface area contributed by atoms with Gasteiger partial charge in [0.05, 0.1) is 0 Å². The van der Waals surface area contributed by atoms with Crippen molar-refractivity contribution >= 4 is 5.97 Å². The fourth-order valence-electron chi connectivity index (χ4n) is 1.97. The van der Waals surface area contributed by atoms with Crippen LogP contribution in [-0.2, 0) is 17.8 Å². The number of carboxylic acids is 1. The van der Waals surface area contributed by atoms with Gasteiger partial charge in [-0.2, -0.15) is 0 Å². The molecule has 1 aliphatic rings. The minimum Gasteiger partial charge on any atom is -0.487 e. The summed E-state index contributed by atoms with van der Waals surface area (Å²) in [5.74, 6) is 0.162. The van der Waals surface area contributed by atoms with Gasteiger partial charge in [-0.3, -0.25) is 0 Å². The zero-order chi connectivity index (χ0) is 14.1. The van der Waals surface area contributed by atoms with Crippen LogP contribution < -0.4 is 9.47 Å². The van der Waals surface area contributed by atoms with E-state index >= 15 is 0 Å². The first kappa shape index (κ1) is 12.5. The molecular formula is C13H12N2O5. The molecule has 1 unspecified atom stereocenters. The largest absolute Gasteiger partial charge is 0.487 e. The summed E-state index contributed by atoms with van der Waals surface area (Å²) in [6.07, 6.45) is -0.445. The van der Waals surface area contributed by atoms with Crippen molar-refractivity contribution in [2.75, 3.05) is 0 Å². The van der Waals surface area contributed by atoms with Crippen molar-refractivity contribution in [3.8, 4) is 11.5 Å². The lowest BCUT2D eigenvalue weighted by Crippen LogP contribution is -2.24. The van der Waals surface area contributed by atoms with Gasteiger partial charge >= 0.3 is 5.97 Å². The van der Waals surface area contributed by atoms with Crippen molar-refractivity contribution < 1.29 is 24.0 Å². The van der Waals surface area contributed by atoms with Crippen LogP contribution in [0.25, 0.3) is 0 Å². The van der Waals surface area contributed by atoms with E-state index in [2.05, 4.69) is 14.9 Å². The summed E-state index contributed by atoms with van der Waals surface area (Å²) in [5, 5.41) is 16.3. The molecule has 0 fully saturated rings. The maximum atomic E-state index is 10.9. The maximum absolute atomic E-state index is 10.9. The van der Waals surface area contributed by atoms with Gasteiger partial charge in [0.2, 0.25) is 0 Å². The average Bonchev–Trinajstić information content (AvgIpc) is 3.01. The number of hydrogen-bond acceptors (Lipinski definition) is 6. The lowest BCUT2D eigenvalue weighted by Gasteiger charge is -2.07. The molecule has 1 N–H and O–H groups in total. The Morgan fingerprint density at radius 2 is 2.35 bits per heavy atom. The molecule has 104 valence electrons. The number of hydrogen-bond donors (Lipinski definition) is 1. The van der Waals surface area contributed by atoms with Crippen molar-refractivity contribution in [3.63, 3.8) is 0 Å². The smallest absolute Gasteiger partial charge is 0.345 e. The number of aliphatic carboxylic acids is 1. The highest BCUT2D eigenvalue weighted by atomic mass is 16.6. The number of benzene rings is 1. The van der Waals surface area contributed by atoms with E-state index in [9.17, 15) is 4.79 Å². The minimum atomic E-state index is -0.965. The first-order valence-electron chi connectivity index (χ1n) is 6.06. The molecule has 1 aromatic heterocycles. The fourth-order valence-corrected chi connectivity index (χ4v) is 1.97. The summed E-state index contributed by atoms with van der Waals surface area (Å²) in [6, 6.07) is 5.26. The summed E-state index contributed by atoms with van der Waals surface area (Å²) < 4.78 is 15.5. The third-order valence-corrected chi connectivity index (χ3v) is 3.11. The normalized spacial score (nSPS) is 16.6. The number of nitrogens with zero attached hydrogens (tertiary/aromatic N) is 2. The molecule has 0 aliphatic carbocycles. The maximum Gasteiger partial charge on any atom is 0.345 e. The third-order valence-electron chi connectivity index (χ3n) is 3.11. The van der Waals surface area contributed by atoms with Crippen molar-refractivity contribution in [1.82, 2.24) is 10.3 Å². The Morgan fingerprint density at radius 1 is 1.50 bits per heavy atom. The molecule has 0 radical (unpaired) electrons. The highest BCUT2D eigenvalue weighted by Gasteiger charge is 2.28. The summed E-state index contributed by atoms with van der Waals surface area (Å²) in [4.78, 5) is 10.9. The van der Waals surface area contributed by atoms with Crippen molar-refractivity contribution in [3.05, 3.63) is 35.2 Å². The zero-order valence-electron chi connectivity index (χ0n) is 10.7. The van der Waals surface area contributed by atoms with Gasteiger partial charge in [0.15, 0.2) is 6.10 Å². The molecule has 3 rings (SSSR count). The molecule has 0 bridgehead atoms. The molecule has 1 atom stereocenters. The molecule has 7 nitrogen and oxygen atoms in total. The third kappa shape index (κ3) is 2.29. The second kappa shape index (κ2) is 4.84. The lowest BCUT2D eigenvalue weighted by atomic mass is 10.1. The van der Waals surface area contributed by atoms with Gasteiger partial charge in [-0.15, -0.1) is 0 Å². The van der Waals surface area contributed by atoms with Gasteiger partial charge in [0.1, 0.15) is 29.5 Å². The van der Waals surface area contributed by atoms with E-state index in [0.29, 0.717) is 29.3 Å².